The molecule has 0 spiro atoms. The third-order valence-electron chi connectivity index (χ3n) is 4.35. The maximum atomic E-state index is 13.1. The fourth-order valence-corrected chi connectivity index (χ4v) is 4.93. The minimum Gasteiger partial charge on any atom is -0.315 e. The van der Waals surface area contributed by atoms with Crippen molar-refractivity contribution in [3.63, 3.8) is 0 Å². The molecule has 1 saturated heterocycles. The van der Waals surface area contributed by atoms with Crippen LogP contribution in [0.1, 0.15) is 27.0 Å². The van der Waals surface area contributed by atoms with Gasteiger partial charge in [-0.15, -0.1) is 11.8 Å². The summed E-state index contributed by atoms with van der Waals surface area (Å²) in [5.74, 6) is 0.596. The van der Waals surface area contributed by atoms with Gasteiger partial charge < -0.3 is 4.90 Å². The molecular weight excluding hydrogens is 323 g/mol. The first-order valence-electron chi connectivity index (χ1n) is 7.18. The Morgan fingerprint density at radius 3 is 2.65 bits per heavy atom. The first kappa shape index (κ1) is 14.6. The van der Waals surface area contributed by atoms with Crippen LogP contribution >= 0.6 is 11.8 Å². The molecule has 1 amide bonds. The minimum atomic E-state index is -4.40. The molecule has 0 N–H and O–H groups in total. The fraction of sp³-hybridized carbons (Fsp3) is 0.235. The Kier molecular flexibility index (Phi) is 3.04. The standard InChI is InChI=1S/C17H12F3NOS/c18-17(19,20)12-5-3-4-11(10-12)16-14-7-2-1-6-13(14)15(22)21(16)8-9-23-16/h1-7,10H,8-9H2/t16-/m1/s1. The monoisotopic (exact) mass is 335 g/mol. The van der Waals surface area contributed by atoms with Gasteiger partial charge in [0.25, 0.3) is 5.91 Å². The van der Waals surface area contributed by atoms with Gasteiger partial charge in [-0.2, -0.15) is 13.2 Å². The number of benzene rings is 2. The van der Waals surface area contributed by atoms with Crippen molar-refractivity contribution in [2.24, 2.45) is 0 Å². The molecular formula is C17H12F3NOS. The van der Waals surface area contributed by atoms with E-state index in [1.165, 1.54) is 23.9 Å². The van der Waals surface area contributed by atoms with Crippen LogP contribution in [-0.2, 0) is 11.0 Å². The van der Waals surface area contributed by atoms with Gasteiger partial charge in [-0.1, -0.05) is 30.3 Å². The summed E-state index contributed by atoms with van der Waals surface area (Å²) in [4.78, 5) is 13.5. The average Bonchev–Trinajstić information content (AvgIpc) is 3.07. The van der Waals surface area contributed by atoms with E-state index in [1.54, 1.807) is 23.1 Å². The minimum absolute atomic E-state index is 0.108. The lowest BCUT2D eigenvalue weighted by Gasteiger charge is -2.33. The largest absolute Gasteiger partial charge is 0.416 e. The number of nitrogens with zero attached hydrogens (tertiary/aromatic N) is 1. The molecule has 2 nitrogen and oxygen atoms in total. The van der Waals surface area contributed by atoms with Crippen LogP contribution in [0, 0.1) is 0 Å². The summed E-state index contributed by atoms with van der Waals surface area (Å²) in [6, 6.07) is 12.5. The molecule has 1 fully saturated rings. The molecule has 0 bridgehead atoms. The predicted molar refractivity (Wildman–Crippen MR) is 82.2 cm³/mol. The lowest BCUT2D eigenvalue weighted by Crippen LogP contribution is -2.37. The van der Waals surface area contributed by atoms with Crippen molar-refractivity contribution in [2.75, 3.05) is 12.3 Å². The van der Waals surface area contributed by atoms with E-state index < -0.39 is 16.6 Å². The molecule has 0 aromatic heterocycles. The Balaban J connectivity index is 1.95. The molecule has 23 heavy (non-hydrogen) atoms. The number of alkyl halides is 3. The molecule has 1 atom stereocenters. The van der Waals surface area contributed by atoms with E-state index in [9.17, 15) is 18.0 Å². The van der Waals surface area contributed by atoms with Crippen LogP contribution in [-0.4, -0.2) is 23.1 Å². The first-order chi connectivity index (χ1) is 10.9. The van der Waals surface area contributed by atoms with Crippen LogP contribution in [0.4, 0.5) is 13.2 Å². The Labute approximate surface area is 135 Å². The van der Waals surface area contributed by atoms with E-state index in [0.717, 1.165) is 11.6 Å². The van der Waals surface area contributed by atoms with E-state index >= 15 is 0 Å². The number of amides is 1. The van der Waals surface area contributed by atoms with Gasteiger partial charge >= 0.3 is 6.18 Å². The Morgan fingerprint density at radius 1 is 1.09 bits per heavy atom. The van der Waals surface area contributed by atoms with E-state index in [1.807, 2.05) is 12.1 Å². The fourth-order valence-electron chi connectivity index (χ4n) is 3.40. The summed E-state index contributed by atoms with van der Waals surface area (Å²) in [6.07, 6.45) is -4.40. The van der Waals surface area contributed by atoms with Crippen molar-refractivity contribution >= 4 is 17.7 Å². The van der Waals surface area contributed by atoms with Gasteiger partial charge in [0.05, 0.1) is 5.56 Å². The number of hydrogen-bond donors (Lipinski definition) is 0. The zero-order valence-corrected chi connectivity index (χ0v) is 12.7. The Bertz CT molecular complexity index is 804. The topological polar surface area (TPSA) is 20.3 Å². The number of rotatable bonds is 1. The maximum Gasteiger partial charge on any atom is 0.416 e. The number of carbonyl (C=O) groups is 1. The number of halogens is 3. The molecule has 2 aromatic rings. The summed E-state index contributed by atoms with van der Waals surface area (Å²) in [6.45, 7) is 0.536. The summed E-state index contributed by atoms with van der Waals surface area (Å²) < 4.78 is 39.2. The number of fused-ring (bicyclic) bond motifs is 3. The van der Waals surface area contributed by atoms with Crippen LogP contribution < -0.4 is 0 Å². The van der Waals surface area contributed by atoms with Crippen LogP contribution in [0.25, 0.3) is 0 Å². The highest BCUT2D eigenvalue weighted by Crippen LogP contribution is 2.55. The van der Waals surface area contributed by atoms with Crippen molar-refractivity contribution < 1.29 is 18.0 Å². The summed E-state index contributed by atoms with van der Waals surface area (Å²) in [5.41, 5.74) is 1.19. The molecule has 4 rings (SSSR count). The third-order valence-corrected chi connectivity index (χ3v) is 5.84. The highest BCUT2D eigenvalue weighted by atomic mass is 32.2. The highest BCUT2D eigenvalue weighted by molar-refractivity contribution is 8.00. The molecule has 2 aliphatic rings. The van der Waals surface area contributed by atoms with E-state index in [0.29, 0.717) is 23.4 Å². The zero-order chi connectivity index (χ0) is 16.2. The predicted octanol–water partition coefficient (Wildman–Crippen LogP) is 4.11. The normalized spacial score (nSPS) is 23.1. The van der Waals surface area contributed by atoms with Crippen molar-refractivity contribution in [1.82, 2.24) is 4.90 Å². The zero-order valence-electron chi connectivity index (χ0n) is 11.9. The second-order valence-electron chi connectivity index (χ2n) is 5.57. The average molecular weight is 335 g/mol. The second-order valence-corrected chi connectivity index (χ2v) is 6.86. The van der Waals surface area contributed by atoms with Crippen LogP contribution in [0.15, 0.2) is 48.5 Å². The molecule has 6 heteroatoms. The van der Waals surface area contributed by atoms with Crippen molar-refractivity contribution in [1.29, 1.82) is 0 Å². The maximum absolute atomic E-state index is 13.1. The second kappa shape index (κ2) is 4.77. The van der Waals surface area contributed by atoms with Gasteiger partial charge in [0.1, 0.15) is 4.87 Å². The molecule has 0 aliphatic carbocycles. The SMILES string of the molecule is O=C1c2ccccc2[C@@]2(c3cccc(C(F)(F)F)c3)SCCN12. The number of thioether (sulfide) groups is 1. The Hall–Kier alpha value is -1.95. The van der Waals surface area contributed by atoms with Crippen LogP contribution in [0.2, 0.25) is 0 Å². The lowest BCUT2D eigenvalue weighted by molar-refractivity contribution is -0.137. The van der Waals surface area contributed by atoms with Gasteiger partial charge in [0.15, 0.2) is 0 Å². The van der Waals surface area contributed by atoms with Crippen LogP contribution in [0.3, 0.4) is 0 Å². The molecule has 2 aromatic carbocycles. The summed E-state index contributed by atoms with van der Waals surface area (Å²) in [5, 5.41) is 0. The summed E-state index contributed by atoms with van der Waals surface area (Å²) in [7, 11) is 0. The van der Waals surface area contributed by atoms with Gasteiger partial charge in [0.2, 0.25) is 0 Å². The smallest absolute Gasteiger partial charge is 0.315 e. The quantitative estimate of drug-likeness (QED) is 0.782. The number of hydrogen-bond acceptors (Lipinski definition) is 2. The molecule has 2 heterocycles. The van der Waals surface area contributed by atoms with Gasteiger partial charge in [-0.05, 0) is 23.8 Å². The van der Waals surface area contributed by atoms with E-state index in [2.05, 4.69) is 0 Å². The number of carbonyl (C=O) groups excluding carboxylic acids is 1. The molecule has 118 valence electrons. The lowest BCUT2D eigenvalue weighted by atomic mass is 9.95. The molecule has 2 aliphatic heterocycles. The third kappa shape index (κ3) is 1.94. The van der Waals surface area contributed by atoms with Gasteiger partial charge in [-0.25, -0.2) is 0 Å². The van der Waals surface area contributed by atoms with Crippen molar-refractivity contribution in [3.05, 3.63) is 70.8 Å². The first-order valence-corrected chi connectivity index (χ1v) is 8.16. The highest BCUT2D eigenvalue weighted by Gasteiger charge is 2.54. The van der Waals surface area contributed by atoms with Gasteiger partial charge in [-0.3, -0.25) is 4.79 Å². The molecule has 0 radical (unpaired) electrons. The molecule has 0 saturated carbocycles. The van der Waals surface area contributed by atoms with Crippen molar-refractivity contribution in [3.8, 4) is 0 Å². The van der Waals surface area contributed by atoms with Crippen molar-refractivity contribution in [2.45, 2.75) is 11.0 Å². The van der Waals surface area contributed by atoms with Crippen LogP contribution in [0.5, 0.6) is 0 Å². The van der Waals surface area contributed by atoms with E-state index in [-0.39, 0.29) is 5.91 Å². The van der Waals surface area contributed by atoms with E-state index in [4.69, 9.17) is 0 Å². The van der Waals surface area contributed by atoms with Gasteiger partial charge in [0, 0.05) is 23.4 Å². The molecule has 0 unspecified atom stereocenters. The Morgan fingerprint density at radius 2 is 1.87 bits per heavy atom. The summed E-state index contributed by atoms with van der Waals surface area (Å²) >= 11 is 1.52.